The minimum atomic E-state index is -0.446. The van der Waals surface area contributed by atoms with Gasteiger partial charge in [0.15, 0.2) is 0 Å². The summed E-state index contributed by atoms with van der Waals surface area (Å²) in [6.45, 7) is 1.51. The van der Waals surface area contributed by atoms with Gasteiger partial charge < -0.3 is 0 Å². The normalized spacial score (nSPS) is 13.2. The molecule has 0 aliphatic rings. The molecule has 0 N–H and O–H groups in total. The number of aryl methyl sites for hydroxylation is 1. The predicted molar refractivity (Wildman–Crippen MR) is 41.3 cm³/mol. The minimum Gasteiger partial charge on any atom is -0.0985 e. The summed E-state index contributed by atoms with van der Waals surface area (Å²) >= 11 is 0. The van der Waals surface area contributed by atoms with Crippen LogP contribution in [0.15, 0.2) is 30.8 Å². The van der Waals surface area contributed by atoms with Gasteiger partial charge in [-0.25, -0.2) is 0 Å². The molecule has 0 atom stereocenters. The lowest BCUT2D eigenvalue weighted by Gasteiger charge is -1.91. The Bertz CT molecular complexity index is 294. The van der Waals surface area contributed by atoms with Crippen molar-refractivity contribution in [3.05, 3.63) is 41.9 Å². The third kappa shape index (κ3) is 1.43. The third-order valence-electron chi connectivity index (χ3n) is 1.20. The molecule has 0 nitrogen and oxygen atoms in total. The van der Waals surface area contributed by atoms with E-state index in [9.17, 15) is 0 Å². The molecule has 0 amide bonds. The topological polar surface area (TPSA) is 0 Å². The van der Waals surface area contributed by atoms with Gasteiger partial charge in [0.25, 0.3) is 0 Å². The van der Waals surface area contributed by atoms with E-state index in [1.165, 1.54) is 0 Å². The van der Waals surface area contributed by atoms with Crippen LogP contribution in [-0.4, -0.2) is 0 Å². The zero-order chi connectivity index (χ0) is 9.14. The van der Waals surface area contributed by atoms with Crippen LogP contribution < -0.4 is 0 Å². The average molecular weight is 121 g/mol. The first-order chi connectivity index (χ1) is 5.61. The molecule has 0 fully saturated rings. The van der Waals surface area contributed by atoms with Gasteiger partial charge in [-0.05, 0) is 12.5 Å². The second-order valence-electron chi connectivity index (χ2n) is 1.99. The van der Waals surface area contributed by atoms with Crippen molar-refractivity contribution >= 4 is 6.05 Å². The fraction of sp³-hybridized carbons (Fsp3) is 0.111. The van der Waals surface area contributed by atoms with Gasteiger partial charge in [-0.2, -0.15) is 0 Å². The molecule has 0 heteroatoms. The van der Waals surface area contributed by atoms with Crippen molar-refractivity contribution in [1.29, 1.82) is 0 Å². The zero-order valence-corrected chi connectivity index (χ0v) is 5.31. The standard InChI is InChI=1S/C9H10/c1-3-9-6-4-8(2)5-7-9/h3-7H,1H2,2H3/i1D2,3D. The van der Waals surface area contributed by atoms with E-state index < -0.39 is 6.53 Å². The second kappa shape index (κ2) is 2.49. The van der Waals surface area contributed by atoms with E-state index in [0.29, 0.717) is 5.56 Å². The Hall–Kier alpha value is -1.04. The van der Waals surface area contributed by atoms with Crippen molar-refractivity contribution in [2.24, 2.45) is 0 Å². The highest BCUT2D eigenvalue weighted by Gasteiger charge is 1.82. The van der Waals surface area contributed by atoms with Gasteiger partial charge in [-0.15, -0.1) is 0 Å². The van der Waals surface area contributed by atoms with Gasteiger partial charge in [0.1, 0.15) is 0 Å². The molecule has 0 spiro atoms. The van der Waals surface area contributed by atoms with Gasteiger partial charge in [-0.1, -0.05) is 42.4 Å². The highest BCUT2D eigenvalue weighted by atomic mass is 13.9. The van der Waals surface area contributed by atoms with Crippen molar-refractivity contribution in [2.75, 3.05) is 0 Å². The minimum absolute atomic E-state index is 0.0324. The van der Waals surface area contributed by atoms with Crippen LogP contribution in [0.4, 0.5) is 0 Å². The highest BCUT2D eigenvalue weighted by molar-refractivity contribution is 5.46. The van der Waals surface area contributed by atoms with Crippen LogP contribution in [0.5, 0.6) is 0 Å². The molecule has 0 aliphatic heterocycles. The molecule has 0 radical (unpaired) electrons. The maximum absolute atomic E-state index is 7.34. The molecular weight excluding hydrogens is 108 g/mol. The van der Waals surface area contributed by atoms with Gasteiger partial charge in [0, 0.05) is 0 Å². The maximum Gasteiger partial charge on any atom is 0.0623 e. The molecule has 1 rings (SSSR count). The Labute approximate surface area is 60.1 Å². The fourth-order valence-electron chi connectivity index (χ4n) is 0.637. The summed E-state index contributed by atoms with van der Waals surface area (Å²) < 4.78 is 21.2. The van der Waals surface area contributed by atoms with Crippen LogP contribution >= 0.6 is 0 Å². The molecule has 1 aromatic carbocycles. The smallest absolute Gasteiger partial charge is 0.0623 e. The first-order valence-electron chi connectivity index (χ1n) is 4.32. The molecule has 0 aromatic heterocycles. The van der Waals surface area contributed by atoms with Crippen molar-refractivity contribution < 1.29 is 4.11 Å². The van der Waals surface area contributed by atoms with Gasteiger partial charge in [-0.3, -0.25) is 0 Å². The van der Waals surface area contributed by atoms with E-state index in [4.69, 9.17) is 4.11 Å². The van der Waals surface area contributed by atoms with Crippen molar-refractivity contribution in [1.82, 2.24) is 0 Å². The van der Waals surface area contributed by atoms with Crippen LogP contribution in [0.2, 0.25) is 0 Å². The Kier molecular flexibility index (Phi) is 0.889. The summed E-state index contributed by atoms with van der Waals surface area (Å²) in [5, 5.41) is 0. The quantitative estimate of drug-likeness (QED) is 0.535. The maximum atomic E-state index is 7.34. The molecule has 1 aromatic rings. The van der Waals surface area contributed by atoms with E-state index in [2.05, 4.69) is 0 Å². The summed E-state index contributed by atoms with van der Waals surface area (Å²) in [5.41, 5.74) is 1.74. The lowest BCUT2D eigenvalue weighted by molar-refractivity contribution is 1.46. The van der Waals surface area contributed by atoms with Gasteiger partial charge >= 0.3 is 0 Å². The van der Waals surface area contributed by atoms with Gasteiger partial charge in [0.05, 0.1) is 4.11 Å². The van der Waals surface area contributed by atoms with Crippen molar-refractivity contribution in [3.8, 4) is 0 Å². The second-order valence-corrected chi connectivity index (χ2v) is 1.99. The zero-order valence-electron chi connectivity index (χ0n) is 8.31. The van der Waals surface area contributed by atoms with E-state index in [1.54, 1.807) is 12.1 Å². The Balaban J connectivity index is 3.06. The molecule has 9 heavy (non-hydrogen) atoms. The number of hydrogen-bond acceptors (Lipinski definition) is 0. The summed E-state index contributed by atoms with van der Waals surface area (Å²) in [5.74, 6) is 0. The highest BCUT2D eigenvalue weighted by Crippen LogP contribution is 2.02. The van der Waals surface area contributed by atoms with Crippen LogP contribution in [0.1, 0.15) is 15.2 Å². The summed E-state index contributed by atoms with van der Waals surface area (Å²) in [4.78, 5) is 0. The Morgan fingerprint density at radius 3 is 2.78 bits per heavy atom. The molecule has 0 heterocycles. The molecule has 0 saturated heterocycles. The third-order valence-corrected chi connectivity index (χ3v) is 1.20. The Morgan fingerprint density at radius 1 is 1.56 bits per heavy atom. The molecule has 0 unspecified atom stereocenters. The molecule has 0 aliphatic carbocycles. The number of hydrogen-bond donors (Lipinski definition) is 0. The molecule has 0 saturated carbocycles. The number of rotatable bonds is 1. The van der Waals surface area contributed by atoms with E-state index in [-0.39, 0.29) is 6.05 Å². The molecule has 0 bridgehead atoms. The summed E-state index contributed by atoms with van der Waals surface area (Å²) in [6.07, 6.45) is 0. The summed E-state index contributed by atoms with van der Waals surface area (Å²) in [6, 6.07) is 7.20. The van der Waals surface area contributed by atoms with Crippen LogP contribution in [0.25, 0.3) is 6.05 Å². The number of benzene rings is 1. The van der Waals surface area contributed by atoms with E-state index in [1.807, 2.05) is 19.1 Å². The SMILES string of the molecule is [2H]C([2H])=C([2H])c1ccc(C)cc1. The lowest BCUT2D eigenvalue weighted by atomic mass is 10.2. The first kappa shape index (κ1) is 3.21. The summed E-state index contributed by atoms with van der Waals surface area (Å²) in [7, 11) is 0. The van der Waals surface area contributed by atoms with E-state index in [0.717, 1.165) is 5.56 Å². The monoisotopic (exact) mass is 121 g/mol. The lowest BCUT2D eigenvalue weighted by Crippen LogP contribution is -1.71. The fourth-order valence-corrected chi connectivity index (χ4v) is 0.637. The van der Waals surface area contributed by atoms with Crippen molar-refractivity contribution in [3.63, 3.8) is 0 Å². The van der Waals surface area contributed by atoms with Crippen molar-refractivity contribution in [2.45, 2.75) is 6.92 Å². The van der Waals surface area contributed by atoms with Crippen LogP contribution in [0.3, 0.4) is 0 Å². The predicted octanol–water partition coefficient (Wildman–Crippen LogP) is 2.64. The van der Waals surface area contributed by atoms with E-state index >= 15 is 0 Å². The molecular formula is C9H10. The van der Waals surface area contributed by atoms with Gasteiger partial charge in [0.2, 0.25) is 0 Å². The Morgan fingerprint density at radius 2 is 2.22 bits per heavy atom. The van der Waals surface area contributed by atoms with Crippen LogP contribution in [-0.2, 0) is 0 Å². The molecule has 46 valence electrons. The largest absolute Gasteiger partial charge is 0.0985 e. The first-order valence-corrected chi connectivity index (χ1v) is 2.82. The van der Waals surface area contributed by atoms with Crippen LogP contribution in [0, 0.1) is 6.92 Å². The average Bonchev–Trinajstić information content (AvgIpc) is 2.04.